The zero-order valence-electron chi connectivity index (χ0n) is 12.9. The second kappa shape index (κ2) is 6.87. The molecule has 0 saturated heterocycles. The summed E-state index contributed by atoms with van der Waals surface area (Å²) in [6, 6.07) is 13.7. The minimum Gasteiger partial charge on any atom is -0.350 e. The molecule has 2 aromatic heterocycles. The van der Waals surface area contributed by atoms with Crippen molar-refractivity contribution in [2.24, 2.45) is 0 Å². The van der Waals surface area contributed by atoms with Crippen LogP contribution in [0.25, 0.3) is 11.3 Å². The lowest BCUT2D eigenvalue weighted by molar-refractivity contribution is -0.122. The summed E-state index contributed by atoms with van der Waals surface area (Å²) >= 11 is 0. The van der Waals surface area contributed by atoms with Crippen molar-refractivity contribution in [3.8, 4) is 11.3 Å². The van der Waals surface area contributed by atoms with Gasteiger partial charge >= 0.3 is 0 Å². The average Bonchev–Trinajstić information content (AvgIpc) is 3.03. The van der Waals surface area contributed by atoms with Gasteiger partial charge in [0.05, 0.1) is 5.69 Å². The van der Waals surface area contributed by atoms with Gasteiger partial charge in [0.2, 0.25) is 5.91 Å². The molecule has 0 fully saturated rings. The second-order valence-corrected chi connectivity index (χ2v) is 5.31. The van der Waals surface area contributed by atoms with Crippen molar-refractivity contribution in [3.05, 3.63) is 72.2 Å². The highest BCUT2D eigenvalue weighted by Gasteiger charge is 2.09. The highest BCUT2D eigenvalue weighted by atomic mass is 16.2. The van der Waals surface area contributed by atoms with Crippen molar-refractivity contribution >= 4 is 5.91 Å². The first-order valence-corrected chi connectivity index (χ1v) is 7.47. The van der Waals surface area contributed by atoms with Crippen molar-refractivity contribution in [1.29, 1.82) is 0 Å². The Bertz CT molecular complexity index is 796. The summed E-state index contributed by atoms with van der Waals surface area (Å²) in [4.78, 5) is 16.2. The lowest BCUT2D eigenvalue weighted by Crippen LogP contribution is -2.28. The van der Waals surface area contributed by atoms with E-state index in [0.29, 0.717) is 6.54 Å². The Kier molecular flexibility index (Phi) is 4.47. The van der Waals surface area contributed by atoms with E-state index in [1.807, 2.05) is 49.4 Å². The van der Waals surface area contributed by atoms with Crippen LogP contribution < -0.4 is 5.32 Å². The average molecular weight is 306 g/mol. The van der Waals surface area contributed by atoms with E-state index < -0.39 is 0 Å². The summed E-state index contributed by atoms with van der Waals surface area (Å²) in [5, 5.41) is 7.19. The monoisotopic (exact) mass is 306 g/mol. The molecular formula is C18H18N4O. The Morgan fingerprint density at radius 3 is 2.65 bits per heavy atom. The van der Waals surface area contributed by atoms with Gasteiger partial charge in [0.15, 0.2) is 0 Å². The quantitative estimate of drug-likeness (QED) is 0.788. The van der Waals surface area contributed by atoms with E-state index in [4.69, 9.17) is 0 Å². The first-order chi connectivity index (χ1) is 11.2. The van der Waals surface area contributed by atoms with Crippen LogP contribution in [0, 0.1) is 6.92 Å². The van der Waals surface area contributed by atoms with Crippen LogP contribution in [0.1, 0.15) is 11.1 Å². The standard InChI is InChI=1S/C18H18N4O/c1-14-4-2-3-5-16(14)12-20-18(23)13-22-17(8-11-21-22)15-6-9-19-10-7-15/h2-11H,12-13H2,1H3,(H,20,23). The molecule has 5 heteroatoms. The molecule has 3 aromatic rings. The fourth-order valence-corrected chi connectivity index (χ4v) is 2.42. The molecule has 1 amide bonds. The number of hydrogen-bond donors (Lipinski definition) is 1. The smallest absolute Gasteiger partial charge is 0.242 e. The molecule has 2 heterocycles. The zero-order chi connectivity index (χ0) is 16.1. The molecule has 0 bridgehead atoms. The number of nitrogens with one attached hydrogen (secondary N) is 1. The Balaban J connectivity index is 1.65. The van der Waals surface area contributed by atoms with Gasteiger partial charge in [-0.15, -0.1) is 0 Å². The largest absolute Gasteiger partial charge is 0.350 e. The molecular weight excluding hydrogens is 288 g/mol. The van der Waals surface area contributed by atoms with Crippen molar-refractivity contribution in [3.63, 3.8) is 0 Å². The number of rotatable bonds is 5. The molecule has 3 rings (SSSR count). The van der Waals surface area contributed by atoms with E-state index >= 15 is 0 Å². The van der Waals surface area contributed by atoms with Gasteiger partial charge in [0.1, 0.15) is 6.54 Å². The Morgan fingerprint density at radius 1 is 1.09 bits per heavy atom. The minimum absolute atomic E-state index is 0.0627. The van der Waals surface area contributed by atoms with Crippen LogP contribution >= 0.6 is 0 Å². The number of benzene rings is 1. The molecule has 0 aliphatic carbocycles. The van der Waals surface area contributed by atoms with Gasteiger partial charge < -0.3 is 5.32 Å². The van der Waals surface area contributed by atoms with E-state index in [-0.39, 0.29) is 12.5 Å². The molecule has 0 radical (unpaired) electrons. The maximum absolute atomic E-state index is 12.2. The van der Waals surface area contributed by atoms with Crippen LogP contribution in [-0.2, 0) is 17.9 Å². The van der Waals surface area contributed by atoms with Crippen LogP contribution in [0.4, 0.5) is 0 Å². The van der Waals surface area contributed by atoms with Crippen LogP contribution in [0.5, 0.6) is 0 Å². The van der Waals surface area contributed by atoms with Gasteiger partial charge in [-0.25, -0.2) is 0 Å². The number of amides is 1. The van der Waals surface area contributed by atoms with E-state index in [1.165, 1.54) is 5.56 Å². The predicted octanol–water partition coefficient (Wildman–Crippen LogP) is 2.57. The summed E-state index contributed by atoms with van der Waals surface area (Å²) in [7, 11) is 0. The lowest BCUT2D eigenvalue weighted by Gasteiger charge is -2.10. The fraction of sp³-hybridized carbons (Fsp3) is 0.167. The highest BCUT2D eigenvalue weighted by Crippen LogP contribution is 2.17. The number of nitrogens with zero attached hydrogens (tertiary/aromatic N) is 3. The van der Waals surface area contributed by atoms with Crippen LogP contribution in [0.15, 0.2) is 61.1 Å². The molecule has 0 aliphatic heterocycles. The summed E-state index contributed by atoms with van der Waals surface area (Å²) in [5.41, 5.74) is 4.18. The number of carbonyl (C=O) groups excluding carboxylic acids is 1. The van der Waals surface area contributed by atoms with Gasteiger partial charge in [-0.3, -0.25) is 14.5 Å². The van der Waals surface area contributed by atoms with Gasteiger partial charge in [-0.1, -0.05) is 24.3 Å². The first kappa shape index (κ1) is 15.0. The molecule has 0 unspecified atom stereocenters. The van der Waals surface area contributed by atoms with E-state index in [1.54, 1.807) is 23.3 Å². The summed E-state index contributed by atoms with van der Waals surface area (Å²) in [5.74, 6) is -0.0627. The highest BCUT2D eigenvalue weighted by molar-refractivity contribution is 5.76. The van der Waals surface area contributed by atoms with Crippen molar-refractivity contribution in [2.45, 2.75) is 20.0 Å². The SMILES string of the molecule is Cc1ccccc1CNC(=O)Cn1nccc1-c1ccncc1. The number of aromatic nitrogens is 3. The van der Waals surface area contributed by atoms with E-state index in [2.05, 4.69) is 15.4 Å². The Morgan fingerprint density at radius 2 is 1.87 bits per heavy atom. The Hall–Kier alpha value is -2.95. The van der Waals surface area contributed by atoms with Crippen molar-refractivity contribution in [1.82, 2.24) is 20.1 Å². The molecule has 0 atom stereocenters. The third-order valence-electron chi connectivity index (χ3n) is 3.72. The van der Waals surface area contributed by atoms with Gasteiger partial charge in [0.25, 0.3) is 0 Å². The summed E-state index contributed by atoms with van der Waals surface area (Å²) in [6.07, 6.45) is 5.15. The normalized spacial score (nSPS) is 10.5. The maximum atomic E-state index is 12.2. The molecule has 23 heavy (non-hydrogen) atoms. The minimum atomic E-state index is -0.0627. The molecule has 1 N–H and O–H groups in total. The predicted molar refractivity (Wildman–Crippen MR) is 88.5 cm³/mol. The van der Waals surface area contributed by atoms with Gasteiger partial charge in [-0.2, -0.15) is 5.10 Å². The third-order valence-corrected chi connectivity index (χ3v) is 3.72. The number of aryl methyl sites for hydroxylation is 1. The maximum Gasteiger partial charge on any atom is 0.242 e. The van der Waals surface area contributed by atoms with Crippen molar-refractivity contribution < 1.29 is 4.79 Å². The van der Waals surface area contributed by atoms with E-state index in [0.717, 1.165) is 16.8 Å². The molecule has 0 spiro atoms. The fourth-order valence-electron chi connectivity index (χ4n) is 2.42. The molecule has 5 nitrogen and oxygen atoms in total. The van der Waals surface area contributed by atoms with Crippen LogP contribution in [-0.4, -0.2) is 20.7 Å². The summed E-state index contributed by atoms with van der Waals surface area (Å²) < 4.78 is 1.70. The van der Waals surface area contributed by atoms with Gasteiger partial charge in [-0.05, 0) is 36.2 Å². The van der Waals surface area contributed by atoms with E-state index in [9.17, 15) is 4.79 Å². The van der Waals surface area contributed by atoms with Crippen LogP contribution in [0.2, 0.25) is 0 Å². The third kappa shape index (κ3) is 3.63. The molecule has 116 valence electrons. The Labute approximate surface area is 135 Å². The number of carbonyl (C=O) groups is 1. The topological polar surface area (TPSA) is 59.8 Å². The van der Waals surface area contributed by atoms with Crippen molar-refractivity contribution in [2.75, 3.05) is 0 Å². The summed E-state index contributed by atoms with van der Waals surface area (Å²) in [6.45, 7) is 2.75. The first-order valence-electron chi connectivity index (χ1n) is 7.47. The molecule has 0 saturated carbocycles. The zero-order valence-corrected chi connectivity index (χ0v) is 12.9. The van der Waals surface area contributed by atoms with Gasteiger partial charge in [0, 0.05) is 30.7 Å². The van der Waals surface area contributed by atoms with Crippen LogP contribution in [0.3, 0.4) is 0 Å². The number of pyridine rings is 1. The number of hydrogen-bond acceptors (Lipinski definition) is 3. The lowest BCUT2D eigenvalue weighted by atomic mass is 10.1. The molecule has 0 aliphatic rings. The molecule has 1 aromatic carbocycles. The second-order valence-electron chi connectivity index (χ2n) is 5.31.